The number of piperidine rings is 1. The van der Waals surface area contributed by atoms with Crippen LogP contribution in [-0.2, 0) is 11.2 Å². The summed E-state index contributed by atoms with van der Waals surface area (Å²) in [5, 5.41) is 0. The molecule has 0 bridgehead atoms. The standard InChI is InChI=1S/C14H18F2N2O/c15-12-5-4-10(7-13(12)16)8-14(19)18-6-2-1-3-11(18)9-17/h4-5,7,11H,1-3,6,8-9,17H2/t11-/m1/s1. The van der Waals surface area contributed by atoms with E-state index in [4.69, 9.17) is 5.73 Å². The topological polar surface area (TPSA) is 46.3 Å². The van der Waals surface area contributed by atoms with Crippen LogP contribution in [0, 0.1) is 11.6 Å². The Morgan fingerprint density at radius 2 is 2.11 bits per heavy atom. The molecular formula is C14H18F2N2O. The van der Waals surface area contributed by atoms with Crippen LogP contribution < -0.4 is 5.73 Å². The highest BCUT2D eigenvalue weighted by Crippen LogP contribution is 2.18. The zero-order chi connectivity index (χ0) is 13.8. The van der Waals surface area contributed by atoms with E-state index in [0.29, 0.717) is 18.7 Å². The highest BCUT2D eigenvalue weighted by Gasteiger charge is 2.25. The summed E-state index contributed by atoms with van der Waals surface area (Å²) >= 11 is 0. The molecule has 1 saturated heterocycles. The Balaban J connectivity index is 2.05. The Kier molecular flexibility index (Phi) is 4.47. The first kappa shape index (κ1) is 13.9. The molecule has 1 aromatic rings. The number of nitrogens with zero attached hydrogens (tertiary/aromatic N) is 1. The van der Waals surface area contributed by atoms with E-state index >= 15 is 0 Å². The lowest BCUT2D eigenvalue weighted by atomic mass is 10.0. The van der Waals surface area contributed by atoms with Crippen molar-refractivity contribution < 1.29 is 13.6 Å². The number of amides is 1. The predicted molar refractivity (Wildman–Crippen MR) is 68.5 cm³/mol. The van der Waals surface area contributed by atoms with E-state index in [9.17, 15) is 13.6 Å². The Labute approximate surface area is 111 Å². The molecule has 0 aliphatic carbocycles. The molecule has 0 aromatic heterocycles. The fourth-order valence-electron chi connectivity index (χ4n) is 2.50. The van der Waals surface area contributed by atoms with Gasteiger partial charge < -0.3 is 10.6 Å². The summed E-state index contributed by atoms with van der Waals surface area (Å²) in [5.41, 5.74) is 6.16. The van der Waals surface area contributed by atoms with Gasteiger partial charge >= 0.3 is 0 Å². The summed E-state index contributed by atoms with van der Waals surface area (Å²) < 4.78 is 25.9. The van der Waals surface area contributed by atoms with Crippen molar-refractivity contribution in [3.05, 3.63) is 35.4 Å². The van der Waals surface area contributed by atoms with Gasteiger partial charge in [-0.15, -0.1) is 0 Å². The summed E-state index contributed by atoms with van der Waals surface area (Å²) in [6.07, 6.45) is 3.06. The van der Waals surface area contributed by atoms with E-state index in [1.54, 1.807) is 4.90 Å². The first-order valence-electron chi connectivity index (χ1n) is 6.55. The van der Waals surface area contributed by atoms with Crippen molar-refractivity contribution in [2.24, 2.45) is 5.73 Å². The SMILES string of the molecule is NC[C@H]1CCCCN1C(=O)Cc1ccc(F)c(F)c1. The molecule has 2 rings (SSSR count). The third-order valence-electron chi connectivity index (χ3n) is 3.56. The Morgan fingerprint density at radius 1 is 1.32 bits per heavy atom. The second-order valence-corrected chi connectivity index (χ2v) is 4.90. The number of halogens is 2. The number of carbonyl (C=O) groups is 1. The molecule has 1 aliphatic heterocycles. The molecule has 3 nitrogen and oxygen atoms in total. The van der Waals surface area contributed by atoms with Crippen LogP contribution in [0.4, 0.5) is 8.78 Å². The van der Waals surface area contributed by atoms with E-state index in [1.807, 2.05) is 0 Å². The number of nitrogens with two attached hydrogens (primary N) is 1. The zero-order valence-corrected chi connectivity index (χ0v) is 10.7. The predicted octanol–water partition coefficient (Wildman–Crippen LogP) is 1.85. The van der Waals surface area contributed by atoms with Gasteiger partial charge in [-0.2, -0.15) is 0 Å². The Bertz CT molecular complexity index is 465. The molecule has 0 spiro atoms. The van der Waals surface area contributed by atoms with Gasteiger partial charge in [-0.3, -0.25) is 4.79 Å². The molecule has 1 aromatic carbocycles. The first-order valence-corrected chi connectivity index (χ1v) is 6.55. The lowest BCUT2D eigenvalue weighted by Crippen LogP contribution is -2.48. The van der Waals surface area contributed by atoms with Gasteiger partial charge in [0.05, 0.1) is 6.42 Å². The number of hydrogen-bond donors (Lipinski definition) is 1. The molecule has 19 heavy (non-hydrogen) atoms. The van der Waals surface area contributed by atoms with Crippen LogP contribution in [0.15, 0.2) is 18.2 Å². The average Bonchev–Trinajstić information content (AvgIpc) is 2.43. The molecule has 1 aliphatic rings. The normalized spacial score (nSPS) is 19.5. The fraction of sp³-hybridized carbons (Fsp3) is 0.500. The van der Waals surface area contributed by atoms with Crippen LogP contribution in [-0.4, -0.2) is 29.9 Å². The van der Waals surface area contributed by atoms with E-state index < -0.39 is 11.6 Å². The van der Waals surface area contributed by atoms with Gasteiger partial charge in [-0.25, -0.2) is 8.78 Å². The largest absolute Gasteiger partial charge is 0.338 e. The number of rotatable bonds is 3. The van der Waals surface area contributed by atoms with Crippen LogP contribution >= 0.6 is 0 Å². The van der Waals surface area contributed by atoms with Crippen LogP contribution in [0.25, 0.3) is 0 Å². The quantitative estimate of drug-likeness (QED) is 0.909. The third kappa shape index (κ3) is 3.29. The van der Waals surface area contributed by atoms with Gasteiger partial charge in [0.15, 0.2) is 11.6 Å². The molecule has 2 N–H and O–H groups in total. The van der Waals surface area contributed by atoms with E-state index in [0.717, 1.165) is 31.4 Å². The van der Waals surface area contributed by atoms with Gasteiger partial charge in [0.2, 0.25) is 5.91 Å². The van der Waals surface area contributed by atoms with Crippen molar-refractivity contribution in [3.8, 4) is 0 Å². The van der Waals surface area contributed by atoms with Gasteiger partial charge in [0.1, 0.15) is 0 Å². The molecule has 0 unspecified atom stereocenters. The highest BCUT2D eigenvalue weighted by molar-refractivity contribution is 5.79. The second kappa shape index (κ2) is 6.10. The minimum Gasteiger partial charge on any atom is -0.338 e. The first-order chi connectivity index (χ1) is 9.11. The van der Waals surface area contributed by atoms with Gasteiger partial charge in [-0.1, -0.05) is 6.07 Å². The van der Waals surface area contributed by atoms with Gasteiger partial charge in [-0.05, 0) is 37.0 Å². The average molecular weight is 268 g/mol. The maximum Gasteiger partial charge on any atom is 0.227 e. The van der Waals surface area contributed by atoms with Crippen LogP contribution in [0.1, 0.15) is 24.8 Å². The lowest BCUT2D eigenvalue weighted by molar-refractivity contribution is -0.133. The van der Waals surface area contributed by atoms with Crippen molar-refractivity contribution in [2.45, 2.75) is 31.7 Å². The van der Waals surface area contributed by atoms with Crippen molar-refractivity contribution in [1.82, 2.24) is 4.90 Å². The number of hydrogen-bond acceptors (Lipinski definition) is 2. The molecule has 1 heterocycles. The Hall–Kier alpha value is -1.49. The molecule has 1 atom stereocenters. The maximum absolute atomic E-state index is 13.1. The summed E-state index contributed by atoms with van der Waals surface area (Å²) in [6.45, 7) is 1.15. The fourth-order valence-corrected chi connectivity index (χ4v) is 2.50. The monoisotopic (exact) mass is 268 g/mol. The molecule has 0 saturated carbocycles. The number of benzene rings is 1. The smallest absolute Gasteiger partial charge is 0.227 e. The van der Waals surface area contributed by atoms with Crippen molar-refractivity contribution >= 4 is 5.91 Å². The van der Waals surface area contributed by atoms with E-state index in [2.05, 4.69) is 0 Å². The molecule has 104 valence electrons. The number of carbonyl (C=O) groups excluding carboxylic acids is 1. The molecule has 1 amide bonds. The summed E-state index contributed by atoms with van der Waals surface area (Å²) in [5.74, 6) is -1.88. The lowest BCUT2D eigenvalue weighted by Gasteiger charge is -2.35. The molecule has 1 fully saturated rings. The second-order valence-electron chi connectivity index (χ2n) is 4.90. The van der Waals surface area contributed by atoms with E-state index in [1.165, 1.54) is 6.07 Å². The third-order valence-corrected chi connectivity index (χ3v) is 3.56. The van der Waals surface area contributed by atoms with Gasteiger partial charge in [0, 0.05) is 19.1 Å². The maximum atomic E-state index is 13.1. The molecule has 0 radical (unpaired) electrons. The van der Waals surface area contributed by atoms with E-state index in [-0.39, 0.29) is 18.4 Å². The minimum atomic E-state index is -0.917. The molecule has 5 heteroatoms. The highest BCUT2D eigenvalue weighted by atomic mass is 19.2. The van der Waals surface area contributed by atoms with Crippen LogP contribution in [0.2, 0.25) is 0 Å². The summed E-state index contributed by atoms with van der Waals surface area (Å²) in [4.78, 5) is 14.0. The summed E-state index contributed by atoms with van der Waals surface area (Å²) in [6, 6.07) is 3.65. The van der Waals surface area contributed by atoms with Crippen LogP contribution in [0.3, 0.4) is 0 Å². The molecular weight excluding hydrogens is 250 g/mol. The van der Waals surface area contributed by atoms with Crippen molar-refractivity contribution in [3.63, 3.8) is 0 Å². The van der Waals surface area contributed by atoms with Crippen molar-refractivity contribution in [2.75, 3.05) is 13.1 Å². The van der Waals surface area contributed by atoms with Gasteiger partial charge in [0.25, 0.3) is 0 Å². The van der Waals surface area contributed by atoms with Crippen LogP contribution in [0.5, 0.6) is 0 Å². The Morgan fingerprint density at radius 3 is 2.79 bits per heavy atom. The van der Waals surface area contributed by atoms with Crippen molar-refractivity contribution in [1.29, 1.82) is 0 Å². The zero-order valence-electron chi connectivity index (χ0n) is 10.7. The summed E-state index contributed by atoms with van der Waals surface area (Å²) in [7, 11) is 0. The minimum absolute atomic E-state index is 0.0684. The number of likely N-dealkylation sites (tertiary alicyclic amines) is 1.